The van der Waals surface area contributed by atoms with Gasteiger partial charge in [0.2, 0.25) is 15.9 Å². The normalized spacial score (nSPS) is 16.0. The molecule has 2 aromatic rings. The Morgan fingerprint density at radius 2 is 1.63 bits per heavy atom. The number of nitrogens with zero attached hydrogens (tertiary/aromatic N) is 2. The molecule has 30 heavy (non-hydrogen) atoms. The van der Waals surface area contributed by atoms with Gasteiger partial charge in [0.05, 0.1) is 11.4 Å². The Morgan fingerprint density at radius 1 is 1.03 bits per heavy atom. The van der Waals surface area contributed by atoms with E-state index in [1.165, 1.54) is 40.7 Å². The van der Waals surface area contributed by atoms with Crippen molar-refractivity contribution in [3.8, 4) is 0 Å². The third kappa shape index (κ3) is 6.14. The lowest BCUT2D eigenvalue weighted by molar-refractivity contribution is -0.117. The molecule has 1 aliphatic heterocycles. The highest BCUT2D eigenvalue weighted by Crippen LogP contribution is 2.26. The van der Waals surface area contributed by atoms with Gasteiger partial charge in [-0.2, -0.15) is 13.1 Å². The highest BCUT2D eigenvalue weighted by Gasteiger charge is 2.29. The molecule has 0 atom stereocenters. The fraction of sp³-hybridized carbons (Fsp3) is 0.316. The topological polar surface area (TPSA) is 69.7 Å². The van der Waals surface area contributed by atoms with Crippen LogP contribution in [0.1, 0.15) is 0 Å². The molecule has 0 aromatic heterocycles. The van der Waals surface area contributed by atoms with Crippen molar-refractivity contribution in [1.29, 1.82) is 0 Å². The number of hydrogen-bond acceptors (Lipinski definition) is 5. The molecule has 1 heterocycles. The number of anilines is 1. The fourth-order valence-corrected chi connectivity index (χ4v) is 5.05. The summed E-state index contributed by atoms with van der Waals surface area (Å²) in [4.78, 5) is 14.7. The number of halogens is 3. The Morgan fingerprint density at radius 3 is 2.20 bits per heavy atom. The van der Waals surface area contributed by atoms with Crippen LogP contribution in [0, 0.1) is 0 Å². The number of rotatable bonds is 7. The van der Waals surface area contributed by atoms with Crippen LogP contribution in [0.2, 0.25) is 5.02 Å². The van der Waals surface area contributed by atoms with Gasteiger partial charge >= 0.3 is 0 Å². The van der Waals surface area contributed by atoms with Gasteiger partial charge in [0.25, 0.3) is 5.76 Å². The first-order valence-electron chi connectivity index (χ1n) is 9.07. The van der Waals surface area contributed by atoms with Crippen molar-refractivity contribution in [2.24, 2.45) is 0 Å². The van der Waals surface area contributed by atoms with Crippen LogP contribution in [0.25, 0.3) is 0 Å². The summed E-state index contributed by atoms with van der Waals surface area (Å²) < 4.78 is 51.5. The SMILES string of the molecule is O=C(CN1CCN(S(=O)(=O)c2ccc(Cl)cc2)CC1)Nc1ccc(SC(F)F)cc1. The number of benzene rings is 2. The van der Waals surface area contributed by atoms with Crippen molar-refractivity contribution in [2.75, 3.05) is 38.0 Å². The number of carbonyl (C=O) groups excluding carboxylic acids is 1. The molecule has 0 bridgehead atoms. The van der Waals surface area contributed by atoms with Gasteiger partial charge in [-0.05, 0) is 48.5 Å². The fourth-order valence-electron chi connectivity index (χ4n) is 3.01. The van der Waals surface area contributed by atoms with E-state index in [1.54, 1.807) is 12.1 Å². The van der Waals surface area contributed by atoms with Crippen molar-refractivity contribution in [1.82, 2.24) is 9.21 Å². The zero-order chi connectivity index (χ0) is 21.7. The minimum absolute atomic E-state index is 0.113. The molecule has 2 aromatic carbocycles. The van der Waals surface area contributed by atoms with Crippen LogP contribution in [-0.2, 0) is 14.8 Å². The van der Waals surface area contributed by atoms with Crippen molar-refractivity contribution in [3.63, 3.8) is 0 Å². The van der Waals surface area contributed by atoms with E-state index in [-0.39, 0.29) is 30.4 Å². The van der Waals surface area contributed by atoms with Crippen LogP contribution in [0.4, 0.5) is 14.5 Å². The first kappa shape index (κ1) is 23.0. The Labute approximate surface area is 183 Å². The monoisotopic (exact) mass is 475 g/mol. The predicted octanol–water partition coefficient (Wildman–Crippen LogP) is 3.60. The first-order valence-corrected chi connectivity index (χ1v) is 11.8. The molecule has 0 saturated carbocycles. The molecule has 6 nitrogen and oxygen atoms in total. The van der Waals surface area contributed by atoms with Crippen molar-refractivity contribution in [3.05, 3.63) is 53.6 Å². The van der Waals surface area contributed by atoms with Crippen LogP contribution in [-0.4, -0.2) is 62.0 Å². The average molecular weight is 476 g/mol. The zero-order valence-electron chi connectivity index (χ0n) is 15.8. The number of nitrogens with one attached hydrogen (secondary N) is 1. The molecule has 162 valence electrons. The van der Waals surface area contributed by atoms with E-state index >= 15 is 0 Å². The summed E-state index contributed by atoms with van der Waals surface area (Å²) in [6.07, 6.45) is 0. The first-order chi connectivity index (χ1) is 14.2. The van der Waals surface area contributed by atoms with E-state index in [1.807, 2.05) is 4.90 Å². The number of thioether (sulfide) groups is 1. The Hall–Kier alpha value is -1.72. The summed E-state index contributed by atoms with van der Waals surface area (Å²) in [5.41, 5.74) is 0.516. The third-order valence-electron chi connectivity index (χ3n) is 4.51. The minimum Gasteiger partial charge on any atom is -0.325 e. The Balaban J connectivity index is 1.49. The van der Waals surface area contributed by atoms with Gasteiger partial charge in [0.1, 0.15) is 0 Å². The summed E-state index contributed by atoms with van der Waals surface area (Å²) >= 11 is 6.26. The maximum absolute atomic E-state index is 12.7. The van der Waals surface area contributed by atoms with Crippen molar-refractivity contribution in [2.45, 2.75) is 15.5 Å². The second-order valence-corrected chi connectivity index (χ2v) is 10.0. The third-order valence-corrected chi connectivity index (χ3v) is 7.40. The van der Waals surface area contributed by atoms with Crippen molar-refractivity contribution < 1.29 is 22.0 Å². The van der Waals surface area contributed by atoms with E-state index in [0.717, 1.165) is 0 Å². The standard InChI is InChI=1S/C19H20ClF2N3O3S2/c20-14-1-7-17(8-2-14)30(27,28)25-11-9-24(10-12-25)13-18(26)23-15-3-5-16(6-4-15)29-19(21)22/h1-8,19H,9-13H2,(H,23,26). The van der Waals surface area contributed by atoms with Gasteiger partial charge in [-0.3, -0.25) is 9.69 Å². The molecule has 0 unspecified atom stereocenters. The summed E-state index contributed by atoms with van der Waals surface area (Å²) in [5.74, 6) is -2.74. The van der Waals surface area contributed by atoms with Gasteiger partial charge in [0, 0.05) is 41.8 Å². The maximum atomic E-state index is 12.7. The lowest BCUT2D eigenvalue weighted by atomic mass is 10.3. The van der Waals surface area contributed by atoms with E-state index in [4.69, 9.17) is 11.6 Å². The Kier molecular flexibility index (Phi) is 7.70. The largest absolute Gasteiger partial charge is 0.325 e. The average Bonchev–Trinajstić information content (AvgIpc) is 2.70. The minimum atomic E-state index is -3.60. The molecule has 1 saturated heterocycles. The number of hydrogen-bond donors (Lipinski definition) is 1. The number of sulfonamides is 1. The van der Waals surface area contributed by atoms with Gasteiger partial charge in [-0.15, -0.1) is 0 Å². The van der Waals surface area contributed by atoms with Crippen LogP contribution < -0.4 is 5.32 Å². The second kappa shape index (κ2) is 10.1. The van der Waals surface area contributed by atoms with Crippen LogP contribution >= 0.6 is 23.4 Å². The molecule has 0 spiro atoms. The summed E-state index contributed by atoms with van der Waals surface area (Å²) in [6, 6.07) is 12.2. The lowest BCUT2D eigenvalue weighted by Gasteiger charge is -2.33. The summed E-state index contributed by atoms with van der Waals surface area (Å²) in [5, 5.41) is 3.19. The van der Waals surface area contributed by atoms with E-state index < -0.39 is 15.8 Å². The van der Waals surface area contributed by atoms with Crippen LogP contribution in [0.5, 0.6) is 0 Å². The molecule has 1 aliphatic rings. The van der Waals surface area contributed by atoms with Gasteiger partial charge in [-0.1, -0.05) is 23.4 Å². The highest BCUT2D eigenvalue weighted by molar-refractivity contribution is 7.99. The van der Waals surface area contributed by atoms with Crippen LogP contribution in [0.15, 0.2) is 58.3 Å². The van der Waals surface area contributed by atoms with E-state index in [9.17, 15) is 22.0 Å². The van der Waals surface area contributed by atoms with Gasteiger partial charge < -0.3 is 5.32 Å². The Bertz CT molecular complexity index is 966. The predicted molar refractivity (Wildman–Crippen MR) is 114 cm³/mol. The molecule has 1 N–H and O–H groups in total. The van der Waals surface area contributed by atoms with Gasteiger partial charge in [0.15, 0.2) is 0 Å². The number of amides is 1. The molecular formula is C19H20ClF2N3O3S2. The molecule has 1 fully saturated rings. The molecule has 0 aliphatic carbocycles. The number of piperazine rings is 1. The highest BCUT2D eigenvalue weighted by atomic mass is 35.5. The zero-order valence-corrected chi connectivity index (χ0v) is 18.2. The molecular weight excluding hydrogens is 456 g/mol. The second-order valence-electron chi connectivity index (χ2n) is 6.59. The molecule has 3 rings (SSSR count). The molecule has 0 radical (unpaired) electrons. The molecule has 1 amide bonds. The molecule has 11 heteroatoms. The van der Waals surface area contributed by atoms with Crippen LogP contribution in [0.3, 0.4) is 0 Å². The summed E-state index contributed by atoms with van der Waals surface area (Å²) in [7, 11) is -3.60. The maximum Gasteiger partial charge on any atom is 0.288 e. The summed E-state index contributed by atoms with van der Waals surface area (Å²) in [6.45, 7) is 1.51. The number of carbonyl (C=O) groups is 1. The lowest BCUT2D eigenvalue weighted by Crippen LogP contribution is -2.50. The quantitative estimate of drug-likeness (QED) is 0.620. The van der Waals surface area contributed by atoms with E-state index in [0.29, 0.717) is 40.5 Å². The van der Waals surface area contributed by atoms with Crippen molar-refractivity contribution >= 4 is 45.0 Å². The number of alkyl halides is 2. The van der Waals surface area contributed by atoms with Gasteiger partial charge in [-0.25, -0.2) is 8.42 Å². The smallest absolute Gasteiger partial charge is 0.288 e. The van der Waals surface area contributed by atoms with E-state index in [2.05, 4.69) is 5.32 Å².